The fraction of sp³-hybridized carbons (Fsp3) is 0.727. The van der Waals surface area contributed by atoms with Gasteiger partial charge in [-0.3, -0.25) is 5.43 Å². The van der Waals surface area contributed by atoms with Crippen LogP contribution in [0.2, 0.25) is 0 Å². The molecule has 0 atom stereocenters. The molecule has 0 saturated carbocycles. The molecular weight excluding hydrogens is 248 g/mol. The number of hydrogen-bond acceptors (Lipinski definition) is 8. The first-order valence-corrected chi connectivity index (χ1v) is 6.28. The maximum atomic E-state index is 5.46. The van der Waals surface area contributed by atoms with E-state index in [1.54, 1.807) is 0 Å². The van der Waals surface area contributed by atoms with Crippen LogP contribution < -0.4 is 20.7 Å². The lowest BCUT2D eigenvalue weighted by Crippen LogP contribution is -2.17. The van der Waals surface area contributed by atoms with E-state index in [-0.39, 0.29) is 18.0 Å². The van der Waals surface area contributed by atoms with Gasteiger partial charge in [0.2, 0.25) is 5.95 Å². The molecule has 0 bridgehead atoms. The summed E-state index contributed by atoms with van der Waals surface area (Å²) < 4.78 is 10.8. The molecule has 1 aromatic heterocycles. The highest BCUT2D eigenvalue weighted by Crippen LogP contribution is 2.12. The van der Waals surface area contributed by atoms with Gasteiger partial charge >= 0.3 is 12.0 Å². The van der Waals surface area contributed by atoms with Gasteiger partial charge in [-0.25, -0.2) is 5.84 Å². The summed E-state index contributed by atoms with van der Waals surface area (Å²) in [6.45, 7) is 4.00. The predicted octanol–water partition coefficient (Wildman–Crippen LogP) is 0.277. The smallest absolute Gasteiger partial charge is 0.324 e. The van der Waals surface area contributed by atoms with Gasteiger partial charge in [0, 0.05) is 6.54 Å². The number of hydrazine groups is 1. The Bertz CT molecular complexity index is 374. The minimum absolute atomic E-state index is 0.215. The maximum Gasteiger partial charge on any atom is 0.324 e. The number of ether oxygens (including phenoxy) is 2. The summed E-state index contributed by atoms with van der Waals surface area (Å²) in [5.74, 6) is 5.52. The van der Waals surface area contributed by atoms with E-state index in [0.29, 0.717) is 13.2 Å². The van der Waals surface area contributed by atoms with E-state index < -0.39 is 0 Å². The fourth-order valence-corrected chi connectivity index (χ4v) is 1.27. The largest absolute Gasteiger partial charge is 0.463 e. The van der Waals surface area contributed by atoms with Crippen LogP contribution in [0.1, 0.15) is 19.8 Å². The third kappa shape index (κ3) is 6.16. The number of nitrogens with one attached hydrogen (secondary N) is 1. The molecule has 8 nitrogen and oxygen atoms in total. The summed E-state index contributed by atoms with van der Waals surface area (Å²) in [4.78, 5) is 14.1. The van der Waals surface area contributed by atoms with Gasteiger partial charge in [-0.2, -0.15) is 9.97 Å². The van der Waals surface area contributed by atoms with Crippen molar-refractivity contribution < 1.29 is 9.47 Å². The lowest BCUT2D eigenvalue weighted by Gasteiger charge is -2.10. The molecule has 0 spiro atoms. The lowest BCUT2D eigenvalue weighted by atomic mass is 10.4. The maximum absolute atomic E-state index is 5.46. The third-order valence-corrected chi connectivity index (χ3v) is 2.14. The van der Waals surface area contributed by atoms with Crippen LogP contribution in [0.25, 0.3) is 0 Å². The van der Waals surface area contributed by atoms with E-state index in [9.17, 15) is 0 Å². The van der Waals surface area contributed by atoms with Crippen molar-refractivity contribution in [2.24, 2.45) is 5.84 Å². The SMILES string of the molecule is CCCOc1nc(NN)nc(OCCCN(C)C)n1. The van der Waals surface area contributed by atoms with Crippen LogP contribution in [0.5, 0.6) is 12.0 Å². The van der Waals surface area contributed by atoms with Gasteiger partial charge in [0.1, 0.15) is 0 Å². The van der Waals surface area contributed by atoms with Gasteiger partial charge in [-0.15, -0.1) is 4.98 Å². The number of nitrogens with two attached hydrogens (primary N) is 1. The summed E-state index contributed by atoms with van der Waals surface area (Å²) in [6, 6.07) is 0.431. The Morgan fingerprint density at radius 1 is 1.11 bits per heavy atom. The molecule has 1 heterocycles. The van der Waals surface area contributed by atoms with Gasteiger partial charge in [-0.05, 0) is 26.9 Å². The predicted molar refractivity (Wildman–Crippen MR) is 72.1 cm³/mol. The summed E-state index contributed by atoms with van der Waals surface area (Å²) in [5.41, 5.74) is 2.36. The van der Waals surface area contributed by atoms with Crippen LogP contribution in [0.4, 0.5) is 5.95 Å². The van der Waals surface area contributed by atoms with E-state index in [0.717, 1.165) is 19.4 Å². The van der Waals surface area contributed by atoms with Crippen molar-refractivity contribution in [3.8, 4) is 12.0 Å². The molecule has 0 aliphatic carbocycles. The molecule has 0 fully saturated rings. The Hall–Kier alpha value is -1.67. The van der Waals surface area contributed by atoms with Crippen LogP contribution in [0.3, 0.4) is 0 Å². The molecule has 19 heavy (non-hydrogen) atoms. The average Bonchev–Trinajstić information content (AvgIpc) is 2.41. The monoisotopic (exact) mass is 270 g/mol. The molecule has 0 amide bonds. The highest BCUT2D eigenvalue weighted by atomic mass is 16.5. The first-order chi connectivity index (χ1) is 9.15. The minimum Gasteiger partial charge on any atom is -0.463 e. The van der Waals surface area contributed by atoms with Crippen LogP contribution in [-0.4, -0.2) is 53.7 Å². The number of nitrogens with zero attached hydrogens (tertiary/aromatic N) is 4. The molecule has 0 aliphatic rings. The third-order valence-electron chi connectivity index (χ3n) is 2.14. The molecule has 0 radical (unpaired) electrons. The number of aromatic nitrogens is 3. The van der Waals surface area contributed by atoms with Crippen LogP contribution in [0, 0.1) is 0 Å². The molecule has 8 heteroatoms. The summed E-state index contributed by atoms with van der Waals surface area (Å²) in [6.07, 6.45) is 1.76. The van der Waals surface area contributed by atoms with Gasteiger partial charge in [0.25, 0.3) is 0 Å². The molecule has 1 aromatic rings. The van der Waals surface area contributed by atoms with Gasteiger partial charge < -0.3 is 14.4 Å². The highest BCUT2D eigenvalue weighted by Gasteiger charge is 2.07. The molecule has 3 N–H and O–H groups in total. The number of hydrogen-bond donors (Lipinski definition) is 2. The molecular formula is C11H22N6O2. The zero-order valence-electron chi connectivity index (χ0n) is 11.7. The van der Waals surface area contributed by atoms with E-state index >= 15 is 0 Å². The average molecular weight is 270 g/mol. The zero-order valence-corrected chi connectivity index (χ0v) is 11.7. The van der Waals surface area contributed by atoms with Crippen molar-refractivity contribution in [2.75, 3.05) is 39.3 Å². The highest BCUT2D eigenvalue weighted by molar-refractivity contribution is 5.25. The Kier molecular flexibility index (Phi) is 6.83. The van der Waals surface area contributed by atoms with Gasteiger partial charge in [0.05, 0.1) is 13.2 Å². The minimum atomic E-state index is 0.215. The standard InChI is InChI=1S/C11H22N6O2/c1-4-7-18-10-13-9(16-12)14-11(15-10)19-8-5-6-17(2)3/h4-8,12H2,1-3H3,(H,13,14,15,16). The van der Waals surface area contributed by atoms with Crippen molar-refractivity contribution in [3.63, 3.8) is 0 Å². The van der Waals surface area contributed by atoms with Gasteiger partial charge in [0.15, 0.2) is 0 Å². The Morgan fingerprint density at radius 2 is 1.74 bits per heavy atom. The topological polar surface area (TPSA) is 98.4 Å². The Morgan fingerprint density at radius 3 is 2.26 bits per heavy atom. The molecule has 0 aliphatic heterocycles. The van der Waals surface area contributed by atoms with Crippen LogP contribution >= 0.6 is 0 Å². The van der Waals surface area contributed by atoms with E-state index in [4.69, 9.17) is 15.3 Å². The van der Waals surface area contributed by atoms with Crippen LogP contribution in [-0.2, 0) is 0 Å². The number of nitrogen functional groups attached to an aromatic ring is 1. The first kappa shape index (κ1) is 15.4. The second-order valence-corrected chi connectivity index (χ2v) is 4.22. The normalized spacial score (nSPS) is 10.6. The van der Waals surface area contributed by atoms with Crippen molar-refractivity contribution in [2.45, 2.75) is 19.8 Å². The van der Waals surface area contributed by atoms with Crippen molar-refractivity contribution in [3.05, 3.63) is 0 Å². The van der Waals surface area contributed by atoms with Gasteiger partial charge in [-0.1, -0.05) is 6.92 Å². The first-order valence-electron chi connectivity index (χ1n) is 6.28. The second kappa shape index (κ2) is 8.44. The molecule has 0 aromatic carbocycles. The number of anilines is 1. The fourth-order valence-electron chi connectivity index (χ4n) is 1.27. The quantitative estimate of drug-likeness (QED) is 0.375. The summed E-state index contributed by atoms with van der Waals surface area (Å²) in [7, 11) is 4.02. The van der Waals surface area contributed by atoms with Crippen molar-refractivity contribution in [1.29, 1.82) is 0 Å². The molecule has 0 saturated heterocycles. The second-order valence-electron chi connectivity index (χ2n) is 4.22. The molecule has 108 valence electrons. The summed E-state index contributed by atoms with van der Waals surface area (Å²) in [5, 5.41) is 0. The Balaban J connectivity index is 2.55. The summed E-state index contributed by atoms with van der Waals surface area (Å²) >= 11 is 0. The Labute approximate surface area is 113 Å². The van der Waals surface area contributed by atoms with Crippen molar-refractivity contribution >= 4 is 5.95 Å². The zero-order chi connectivity index (χ0) is 14.1. The molecule has 0 unspecified atom stereocenters. The van der Waals surface area contributed by atoms with Crippen molar-refractivity contribution in [1.82, 2.24) is 19.9 Å². The van der Waals surface area contributed by atoms with E-state index in [2.05, 4.69) is 25.3 Å². The number of rotatable bonds is 9. The lowest BCUT2D eigenvalue weighted by molar-refractivity contribution is 0.248. The van der Waals surface area contributed by atoms with E-state index in [1.165, 1.54) is 0 Å². The van der Waals surface area contributed by atoms with E-state index in [1.807, 2.05) is 21.0 Å². The van der Waals surface area contributed by atoms with Crippen LogP contribution in [0.15, 0.2) is 0 Å². The molecule has 1 rings (SSSR count).